The van der Waals surface area contributed by atoms with Crippen LogP contribution in [0.4, 0.5) is 0 Å². The van der Waals surface area contributed by atoms with Crippen molar-refractivity contribution in [2.45, 2.75) is 161 Å². The maximum Gasteiger partial charge on any atom is 0.303 e. The molecule has 3 heterocycles. The number of terminal acetylenes is 1. The zero-order chi connectivity index (χ0) is 47.3. The van der Waals surface area contributed by atoms with Gasteiger partial charge in [-0.1, -0.05) is 5.92 Å². The summed E-state index contributed by atoms with van der Waals surface area (Å²) in [5, 5.41) is 2.63. The summed E-state index contributed by atoms with van der Waals surface area (Å²) >= 11 is 0. The summed E-state index contributed by atoms with van der Waals surface area (Å²) in [5.41, 5.74) is 0. The standard InChI is InChI=1S/C39H53NO23/c1-12-13-50-37-28(40-17(3)41)32(63-38-35(58-24(10)48)33(56-22(8)46)29(16(2)53-38)54-20(6)44)30(26(60-37)14-51-18(4)42)62-39-36(59-25(11)49)34(57-23(9)47)31(55-21(7)45)27(61-39)15-52-19(5)43/h1,16,26-39H,13-15H2,2-11H3,(H,40,41)/t16-,26+,27+,28+,29+,30+,31-,32+,33+,34-,35-,36+,37+,38-,39-/m0/s1. The van der Waals surface area contributed by atoms with Crippen LogP contribution in [0, 0.1) is 12.3 Å². The van der Waals surface area contributed by atoms with Crippen molar-refractivity contribution in [1.82, 2.24) is 5.32 Å². The van der Waals surface area contributed by atoms with E-state index in [0.29, 0.717) is 0 Å². The summed E-state index contributed by atoms with van der Waals surface area (Å²) in [7, 11) is 0. The molecule has 3 saturated heterocycles. The second-order valence-electron chi connectivity index (χ2n) is 14.3. The summed E-state index contributed by atoms with van der Waals surface area (Å²) in [6.07, 6.45) is -17.2. The van der Waals surface area contributed by atoms with Crippen molar-refractivity contribution in [2.75, 3.05) is 19.8 Å². The van der Waals surface area contributed by atoms with Crippen LogP contribution in [0.15, 0.2) is 0 Å². The van der Waals surface area contributed by atoms with Crippen LogP contribution in [-0.2, 0) is 109 Å². The van der Waals surface area contributed by atoms with Gasteiger partial charge in [0.1, 0.15) is 50.3 Å². The molecule has 3 aliphatic rings. The Hall–Kier alpha value is -5.45. The second-order valence-corrected chi connectivity index (χ2v) is 14.3. The Labute approximate surface area is 361 Å². The molecule has 0 aromatic carbocycles. The molecule has 15 atom stereocenters. The zero-order valence-corrected chi connectivity index (χ0v) is 36.2. The van der Waals surface area contributed by atoms with Gasteiger partial charge >= 0.3 is 47.8 Å². The molecule has 0 spiro atoms. The molecule has 0 aromatic heterocycles. The number of carbonyl (C=O) groups excluding carboxylic acids is 9. The summed E-state index contributed by atoms with van der Waals surface area (Å²) in [5.74, 6) is -5.55. The second kappa shape index (κ2) is 23.8. The van der Waals surface area contributed by atoms with Gasteiger partial charge in [0.25, 0.3) is 0 Å². The molecule has 0 radical (unpaired) electrons. The fraction of sp³-hybridized carbons (Fsp3) is 0.718. The van der Waals surface area contributed by atoms with E-state index in [4.69, 9.17) is 72.7 Å². The SMILES string of the molecule is C#CCO[C@@H]1O[C@H](COC(C)=O)[C@@H](O[C@@H]2O[C@H](COC(C)=O)[C@H](OC(C)=O)[C@H](OC(C)=O)[C@H]2OC(C)=O)[C@H](O[C@@H]2O[C@@H](C)[C@@H](OC(C)=O)[C@@H](OC(C)=O)[C@@H]2OC(C)=O)[C@H]1NC(C)=O. The van der Waals surface area contributed by atoms with Gasteiger partial charge in [0.2, 0.25) is 5.91 Å². The van der Waals surface area contributed by atoms with E-state index in [1.54, 1.807) is 0 Å². The Morgan fingerprint density at radius 2 is 0.857 bits per heavy atom. The highest BCUT2D eigenvalue weighted by Crippen LogP contribution is 2.37. The number of nitrogens with one attached hydrogen (secondary N) is 1. The van der Waals surface area contributed by atoms with E-state index < -0.39 is 166 Å². The first-order valence-corrected chi connectivity index (χ1v) is 19.4. The predicted octanol–water partition coefficient (Wildman–Crippen LogP) is -1.18. The highest BCUT2D eigenvalue weighted by Gasteiger charge is 2.59. The molecular weight excluding hydrogens is 850 g/mol. The minimum Gasteiger partial charge on any atom is -0.463 e. The first-order chi connectivity index (χ1) is 29.5. The van der Waals surface area contributed by atoms with Crippen LogP contribution in [-0.4, -0.2) is 166 Å². The molecule has 0 saturated carbocycles. The Morgan fingerprint density at radius 3 is 1.30 bits per heavy atom. The van der Waals surface area contributed by atoms with E-state index in [2.05, 4.69) is 11.2 Å². The van der Waals surface area contributed by atoms with Gasteiger partial charge in [0.15, 0.2) is 55.5 Å². The molecule has 352 valence electrons. The number of hydrogen-bond donors (Lipinski definition) is 1. The predicted molar refractivity (Wildman–Crippen MR) is 200 cm³/mol. The van der Waals surface area contributed by atoms with Gasteiger partial charge < -0.3 is 71.6 Å². The van der Waals surface area contributed by atoms with E-state index >= 15 is 0 Å². The molecule has 0 aromatic rings. The first kappa shape index (κ1) is 51.9. The van der Waals surface area contributed by atoms with Crippen molar-refractivity contribution in [3.8, 4) is 12.3 Å². The van der Waals surface area contributed by atoms with Crippen LogP contribution >= 0.6 is 0 Å². The normalized spacial score (nSPS) is 32.6. The Bertz CT molecular complexity index is 1730. The maximum absolute atomic E-state index is 12.9. The van der Waals surface area contributed by atoms with E-state index in [9.17, 15) is 43.2 Å². The van der Waals surface area contributed by atoms with E-state index in [0.717, 1.165) is 62.3 Å². The number of amides is 1. The van der Waals surface area contributed by atoms with E-state index in [-0.39, 0.29) is 0 Å². The van der Waals surface area contributed by atoms with Gasteiger partial charge in [0, 0.05) is 62.3 Å². The molecule has 63 heavy (non-hydrogen) atoms. The lowest BCUT2D eigenvalue weighted by atomic mass is 9.94. The molecule has 24 heteroatoms. The lowest BCUT2D eigenvalue weighted by Crippen LogP contribution is -2.70. The van der Waals surface area contributed by atoms with Crippen LogP contribution < -0.4 is 5.32 Å². The molecule has 1 amide bonds. The first-order valence-electron chi connectivity index (χ1n) is 19.4. The highest BCUT2D eigenvalue weighted by molar-refractivity contribution is 5.73. The lowest BCUT2D eigenvalue weighted by molar-refractivity contribution is -0.373. The van der Waals surface area contributed by atoms with E-state index in [1.807, 2.05) is 0 Å². The van der Waals surface area contributed by atoms with Crippen molar-refractivity contribution in [3.63, 3.8) is 0 Å². The van der Waals surface area contributed by atoms with Gasteiger partial charge in [-0.15, -0.1) is 6.42 Å². The Kier molecular flexibility index (Phi) is 19.6. The van der Waals surface area contributed by atoms with Gasteiger partial charge in [-0.25, -0.2) is 0 Å². The van der Waals surface area contributed by atoms with Crippen LogP contribution in [0.5, 0.6) is 0 Å². The molecule has 0 bridgehead atoms. The number of hydrogen-bond acceptors (Lipinski definition) is 23. The summed E-state index contributed by atoms with van der Waals surface area (Å²) in [4.78, 5) is 112. The van der Waals surface area contributed by atoms with Crippen molar-refractivity contribution in [1.29, 1.82) is 0 Å². The van der Waals surface area contributed by atoms with Crippen LogP contribution in [0.25, 0.3) is 0 Å². The molecule has 24 nitrogen and oxygen atoms in total. The van der Waals surface area contributed by atoms with Gasteiger partial charge in [-0.05, 0) is 6.92 Å². The van der Waals surface area contributed by atoms with Crippen LogP contribution in [0.2, 0.25) is 0 Å². The number of rotatable bonds is 17. The fourth-order valence-corrected chi connectivity index (χ4v) is 6.91. The lowest BCUT2D eigenvalue weighted by Gasteiger charge is -2.51. The summed E-state index contributed by atoms with van der Waals surface area (Å²) in [6.45, 7) is 9.12. The molecule has 0 aliphatic carbocycles. The molecular formula is C39H53NO23. The largest absolute Gasteiger partial charge is 0.463 e. The highest BCUT2D eigenvalue weighted by atomic mass is 16.8. The monoisotopic (exact) mass is 903 g/mol. The Morgan fingerprint density at radius 1 is 0.476 bits per heavy atom. The Balaban J connectivity index is 2.34. The van der Waals surface area contributed by atoms with Crippen molar-refractivity contribution < 1.29 is 109 Å². The number of esters is 8. The minimum atomic E-state index is -1.93. The minimum absolute atomic E-state index is 0.426. The summed E-state index contributed by atoms with van der Waals surface area (Å²) in [6, 6.07) is -1.50. The molecule has 3 fully saturated rings. The summed E-state index contributed by atoms with van der Waals surface area (Å²) < 4.78 is 81.0. The van der Waals surface area contributed by atoms with Gasteiger partial charge in [-0.3, -0.25) is 43.2 Å². The van der Waals surface area contributed by atoms with Gasteiger partial charge in [0.05, 0.1) is 6.10 Å². The third-order valence-electron chi connectivity index (χ3n) is 8.96. The third-order valence-corrected chi connectivity index (χ3v) is 8.96. The van der Waals surface area contributed by atoms with Crippen LogP contribution in [0.1, 0.15) is 69.2 Å². The molecule has 3 aliphatic heterocycles. The smallest absolute Gasteiger partial charge is 0.303 e. The van der Waals surface area contributed by atoms with Gasteiger partial charge in [-0.2, -0.15) is 0 Å². The fourth-order valence-electron chi connectivity index (χ4n) is 6.91. The van der Waals surface area contributed by atoms with Crippen molar-refractivity contribution >= 4 is 53.7 Å². The van der Waals surface area contributed by atoms with Crippen molar-refractivity contribution in [3.05, 3.63) is 0 Å². The average molecular weight is 904 g/mol. The maximum atomic E-state index is 12.9. The molecule has 0 unspecified atom stereocenters. The van der Waals surface area contributed by atoms with Crippen molar-refractivity contribution in [2.24, 2.45) is 0 Å². The molecule has 3 rings (SSSR count). The molecule has 1 N–H and O–H groups in total. The number of ether oxygens (including phenoxy) is 14. The topological polar surface area (TPSA) is 295 Å². The number of carbonyl (C=O) groups is 9. The van der Waals surface area contributed by atoms with Crippen LogP contribution in [0.3, 0.4) is 0 Å². The quantitative estimate of drug-likeness (QED) is 0.102. The average Bonchev–Trinajstić information content (AvgIpc) is 3.15. The third kappa shape index (κ3) is 15.4. The van der Waals surface area contributed by atoms with E-state index in [1.165, 1.54) is 6.92 Å². The zero-order valence-electron chi connectivity index (χ0n) is 36.2.